The van der Waals surface area contributed by atoms with Gasteiger partial charge in [-0.3, -0.25) is 0 Å². The minimum Gasteiger partial charge on any atom is -0.479 e. The molecule has 1 unspecified atom stereocenters. The fourth-order valence-corrected chi connectivity index (χ4v) is 1.77. The van der Waals surface area contributed by atoms with Crippen LogP contribution in [0.25, 0.3) is 10.8 Å². The second kappa shape index (κ2) is 4.33. The van der Waals surface area contributed by atoms with Gasteiger partial charge in [0.15, 0.2) is 6.10 Å². The highest BCUT2D eigenvalue weighted by molar-refractivity contribution is 5.86. The predicted molar refractivity (Wildman–Crippen MR) is 61.3 cm³/mol. The fraction of sp³-hybridized carbons (Fsp3) is 0.154. The summed E-state index contributed by atoms with van der Waals surface area (Å²) in [5.41, 5.74) is 0.855. The Bertz CT molecular complexity index is 514. The van der Waals surface area contributed by atoms with Crippen LogP contribution in [-0.2, 0) is 11.2 Å². The van der Waals surface area contributed by atoms with Crippen LogP contribution >= 0.6 is 0 Å². The van der Waals surface area contributed by atoms with E-state index in [0.29, 0.717) is 0 Å². The van der Waals surface area contributed by atoms with Gasteiger partial charge in [-0.05, 0) is 16.3 Å². The number of aliphatic carboxylic acids is 1. The molecular formula is C13H12O3. The summed E-state index contributed by atoms with van der Waals surface area (Å²) in [6, 6.07) is 13.4. The van der Waals surface area contributed by atoms with E-state index in [1.165, 1.54) is 0 Å². The molecule has 0 bridgehead atoms. The van der Waals surface area contributed by atoms with Crippen LogP contribution in [0.3, 0.4) is 0 Å². The fourth-order valence-electron chi connectivity index (χ4n) is 1.77. The maximum atomic E-state index is 10.6. The van der Waals surface area contributed by atoms with E-state index < -0.39 is 12.1 Å². The quantitative estimate of drug-likeness (QED) is 0.822. The Hall–Kier alpha value is -1.87. The molecule has 16 heavy (non-hydrogen) atoms. The minimum absolute atomic E-state index is 0.136. The van der Waals surface area contributed by atoms with Crippen molar-refractivity contribution in [2.24, 2.45) is 0 Å². The van der Waals surface area contributed by atoms with E-state index in [2.05, 4.69) is 0 Å². The largest absolute Gasteiger partial charge is 0.479 e. The van der Waals surface area contributed by atoms with Crippen molar-refractivity contribution < 1.29 is 15.0 Å². The summed E-state index contributed by atoms with van der Waals surface area (Å²) in [5.74, 6) is -1.19. The zero-order chi connectivity index (χ0) is 11.5. The number of aliphatic hydroxyl groups excluding tert-OH is 1. The molecule has 82 valence electrons. The molecule has 0 aromatic heterocycles. The Balaban J connectivity index is 2.41. The van der Waals surface area contributed by atoms with Crippen molar-refractivity contribution in [2.75, 3.05) is 0 Å². The van der Waals surface area contributed by atoms with Gasteiger partial charge in [0.05, 0.1) is 0 Å². The molecule has 0 aliphatic rings. The summed E-state index contributed by atoms with van der Waals surface area (Å²) >= 11 is 0. The number of hydrogen-bond acceptors (Lipinski definition) is 2. The molecule has 2 aromatic rings. The van der Waals surface area contributed by atoms with E-state index in [1.54, 1.807) is 0 Å². The summed E-state index contributed by atoms with van der Waals surface area (Å²) < 4.78 is 0. The Morgan fingerprint density at radius 1 is 1.12 bits per heavy atom. The number of carboxylic acids is 1. The van der Waals surface area contributed by atoms with Gasteiger partial charge in [0, 0.05) is 6.42 Å². The molecule has 0 saturated carbocycles. The van der Waals surface area contributed by atoms with Crippen LogP contribution in [-0.4, -0.2) is 22.3 Å². The lowest BCUT2D eigenvalue weighted by Gasteiger charge is -2.08. The van der Waals surface area contributed by atoms with Crippen molar-refractivity contribution in [3.05, 3.63) is 48.0 Å². The Morgan fingerprint density at radius 2 is 1.81 bits per heavy atom. The van der Waals surface area contributed by atoms with Crippen LogP contribution in [0, 0.1) is 0 Å². The van der Waals surface area contributed by atoms with E-state index in [-0.39, 0.29) is 6.42 Å². The van der Waals surface area contributed by atoms with E-state index >= 15 is 0 Å². The normalized spacial score (nSPS) is 12.6. The Labute approximate surface area is 93.0 Å². The zero-order valence-corrected chi connectivity index (χ0v) is 8.63. The van der Waals surface area contributed by atoms with Crippen LogP contribution in [0.2, 0.25) is 0 Å². The first-order valence-corrected chi connectivity index (χ1v) is 5.06. The molecule has 2 aromatic carbocycles. The summed E-state index contributed by atoms with van der Waals surface area (Å²) in [6.45, 7) is 0. The number of benzene rings is 2. The molecular weight excluding hydrogens is 204 g/mol. The summed E-state index contributed by atoms with van der Waals surface area (Å²) in [7, 11) is 0. The first kappa shape index (κ1) is 10.6. The van der Waals surface area contributed by atoms with E-state index in [0.717, 1.165) is 16.3 Å². The number of carbonyl (C=O) groups is 1. The van der Waals surface area contributed by atoms with Gasteiger partial charge in [0.25, 0.3) is 0 Å². The SMILES string of the molecule is O=C(O)C(O)Cc1cccc2ccccc12. The maximum absolute atomic E-state index is 10.6. The average Bonchev–Trinajstić information content (AvgIpc) is 2.29. The van der Waals surface area contributed by atoms with Crippen LogP contribution in [0.5, 0.6) is 0 Å². The molecule has 0 heterocycles. The molecule has 0 aliphatic heterocycles. The molecule has 0 radical (unpaired) electrons. The molecule has 0 fully saturated rings. The van der Waals surface area contributed by atoms with Gasteiger partial charge in [-0.2, -0.15) is 0 Å². The van der Waals surface area contributed by atoms with E-state index in [9.17, 15) is 9.90 Å². The minimum atomic E-state index is -1.34. The van der Waals surface area contributed by atoms with Gasteiger partial charge in [-0.1, -0.05) is 42.5 Å². The van der Waals surface area contributed by atoms with Crippen molar-refractivity contribution in [3.63, 3.8) is 0 Å². The molecule has 0 saturated heterocycles. The monoisotopic (exact) mass is 216 g/mol. The van der Waals surface area contributed by atoms with Gasteiger partial charge in [0.2, 0.25) is 0 Å². The maximum Gasteiger partial charge on any atom is 0.332 e. The summed E-state index contributed by atoms with van der Waals surface area (Å²) in [4.78, 5) is 10.6. The number of hydrogen-bond donors (Lipinski definition) is 2. The molecule has 0 amide bonds. The number of carboxylic acid groups (broad SMARTS) is 1. The van der Waals surface area contributed by atoms with Crippen LogP contribution in [0.1, 0.15) is 5.56 Å². The average molecular weight is 216 g/mol. The van der Waals surface area contributed by atoms with Gasteiger partial charge >= 0.3 is 5.97 Å². The third-order valence-corrected chi connectivity index (χ3v) is 2.58. The third-order valence-electron chi connectivity index (χ3n) is 2.58. The van der Waals surface area contributed by atoms with E-state index in [4.69, 9.17) is 5.11 Å². The second-order valence-corrected chi connectivity index (χ2v) is 3.70. The van der Waals surface area contributed by atoms with Crippen molar-refractivity contribution in [2.45, 2.75) is 12.5 Å². The first-order chi connectivity index (χ1) is 7.68. The summed E-state index contributed by atoms with van der Waals surface area (Å²) in [5, 5.41) is 20.0. The predicted octanol–water partition coefficient (Wildman–Crippen LogP) is 1.83. The highest BCUT2D eigenvalue weighted by atomic mass is 16.4. The van der Waals surface area contributed by atoms with Crippen molar-refractivity contribution in [1.82, 2.24) is 0 Å². The highest BCUT2D eigenvalue weighted by Crippen LogP contribution is 2.19. The van der Waals surface area contributed by atoms with Gasteiger partial charge in [-0.25, -0.2) is 4.79 Å². The molecule has 3 heteroatoms. The topological polar surface area (TPSA) is 57.5 Å². The van der Waals surface area contributed by atoms with E-state index in [1.807, 2.05) is 42.5 Å². The van der Waals surface area contributed by atoms with Gasteiger partial charge in [0.1, 0.15) is 0 Å². The molecule has 2 N–H and O–H groups in total. The molecule has 1 atom stereocenters. The van der Waals surface area contributed by atoms with Crippen LogP contribution < -0.4 is 0 Å². The zero-order valence-electron chi connectivity index (χ0n) is 8.63. The lowest BCUT2D eigenvalue weighted by atomic mass is 10.00. The van der Waals surface area contributed by atoms with Crippen molar-refractivity contribution in [3.8, 4) is 0 Å². The standard InChI is InChI=1S/C13H12O3/c14-12(13(15)16)8-10-6-3-5-9-4-1-2-7-11(9)10/h1-7,12,14H,8H2,(H,15,16). The second-order valence-electron chi connectivity index (χ2n) is 3.70. The lowest BCUT2D eigenvalue weighted by molar-refractivity contribution is -0.146. The molecule has 0 spiro atoms. The molecule has 3 nitrogen and oxygen atoms in total. The Kier molecular flexibility index (Phi) is 2.88. The van der Waals surface area contributed by atoms with Crippen LogP contribution in [0.15, 0.2) is 42.5 Å². The third kappa shape index (κ3) is 2.04. The number of fused-ring (bicyclic) bond motifs is 1. The summed E-state index contributed by atoms with van der Waals surface area (Å²) in [6.07, 6.45) is -1.21. The van der Waals surface area contributed by atoms with Crippen LogP contribution in [0.4, 0.5) is 0 Å². The smallest absolute Gasteiger partial charge is 0.332 e. The number of rotatable bonds is 3. The van der Waals surface area contributed by atoms with Crippen molar-refractivity contribution in [1.29, 1.82) is 0 Å². The van der Waals surface area contributed by atoms with Crippen molar-refractivity contribution >= 4 is 16.7 Å². The molecule has 0 aliphatic carbocycles. The lowest BCUT2D eigenvalue weighted by Crippen LogP contribution is -2.22. The van der Waals surface area contributed by atoms with Gasteiger partial charge in [-0.15, -0.1) is 0 Å². The number of aliphatic hydroxyl groups is 1. The first-order valence-electron chi connectivity index (χ1n) is 5.06. The van der Waals surface area contributed by atoms with Gasteiger partial charge < -0.3 is 10.2 Å². The highest BCUT2D eigenvalue weighted by Gasteiger charge is 2.14. The molecule has 2 rings (SSSR count). The Morgan fingerprint density at radius 3 is 2.56 bits per heavy atom.